The van der Waals surface area contributed by atoms with Gasteiger partial charge in [0.05, 0.1) is 10.1 Å². The summed E-state index contributed by atoms with van der Waals surface area (Å²) >= 11 is 0. The zero-order chi connectivity index (χ0) is 21.8. The Morgan fingerprint density at radius 3 is 2.13 bits per heavy atom. The van der Waals surface area contributed by atoms with Gasteiger partial charge < -0.3 is 15.0 Å². The Balaban J connectivity index is 1.31. The highest BCUT2D eigenvalue weighted by atomic mass is 32.2. The maximum atomic E-state index is 13.0. The van der Waals surface area contributed by atoms with E-state index < -0.39 is 21.2 Å². The van der Waals surface area contributed by atoms with E-state index in [0.717, 1.165) is 18.4 Å². The fraction of sp³-hybridized carbons (Fsp3) is 0.391. The zero-order valence-corrected chi connectivity index (χ0v) is 18.0. The van der Waals surface area contributed by atoms with E-state index in [9.17, 15) is 18.0 Å². The molecular weight excluding hydrogens is 416 g/mol. The van der Waals surface area contributed by atoms with Crippen LogP contribution in [0.15, 0.2) is 65.6 Å². The van der Waals surface area contributed by atoms with E-state index in [2.05, 4.69) is 5.32 Å². The normalized spacial score (nSPS) is 22.7. The summed E-state index contributed by atoms with van der Waals surface area (Å²) in [5.74, 6) is -0.195. The topological polar surface area (TPSA) is 92.8 Å². The lowest BCUT2D eigenvalue weighted by molar-refractivity contribution is -0.134. The molecule has 7 nitrogen and oxygen atoms in total. The van der Waals surface area contributed by atoms with Crippen LogP contribution in [0.3, 0.4) is 0 Å². The van der Waals surface area contributed by atoms with Crippen molar-refractivity contribution < 1.29 is 22.7 Å². The van der Waals surface area contributed by atoms with E-state index in [1.807, 2.05) is 30.3 Å². The third-order valence-corrected chi connectivity index (χ3v) is 8.28. The first-order valence-corrected chi connectivity index (χ1v) is 12.0. The molecule has 2 amide bonds. The van der Waals surface area contributed by atoms with Crippen molar-refractivity contribution in [2.45, 2.75) is 54.5 Å². The quantitative estimate of drug-likeness (QED) is 0.743. The Morgan fingerprint density at radius 2 is 1.52 bits per heavy atom. The van der Waals surface area contributed by atoms with Crippen LogP contribution in [0.5, 0.6) is 0 Å². The first kappa shape index (κ1) is 21.4. The average molecular weight is 443 g/mol. The number of nitrogens with zero attached hydrogens (tertiary/aromatic N) is 1. The van der Waals surface area contributed by atoms with Crippen molar-refractivity contribution in [1.29, 1.82) is 0 Å². The molecule has 2 fully saturated rings. The number of hydrogen-bond acceptors (Lipinski definition) is 5. The average Bonchev–Trinajstić information content (AvgIpc) is 3.06. The molecule has 2 atom stereocenters. The second kappa shape index (κ2) is 9.09. The van der Waals surface area contributed by atoms with Crippen LogP contribution >= 0.6 is 0 Å². The monoisotopic (exact) mass is 442 g/mol. The Morgan fingerprint density at radius 1 is 0.935 bits per heavy atom. The first-order chi connectivity index (χ1) is 14.9. The van der Waals surface area contributed by atoms with Crippen molar-refractivity contribution in [2.24, 2.45) is 0 Å². The van der Waals surface area contributed by atoms with E-state index in [0.29, 0.717) is 17.7 Å². The van der Waals surface area contributed by atoms with Crippen molar-refractivity contribution in [3.8, 4) is 0 Å². The molecule has 2 saturated heterocycles. The lowest BCUT2D eigenvalue weighted by Gasteiger charge is -2.38. The van der Waals surface area contributed by atoms with Gasteiger partial charge in [0, 0.05) is 12.1 Å². The van der Waals surface area contributed by atoms with Crippen LogP contribution in [0.25, 0.3) is 0 Å². The second-order valence-electron chi connectivity index (χ2n) is 8.05. The van der Waals surface area contributed by atoms with E-state index in [4.69, 9.17) is 4.74 Å². The fourth-order valence-electron chi connectivity index (χ4n) is 4.60. The van der Waals surface area contributed by atoms with Gasteiger partial charge in [0.2, 0.25) is 5.91 Å². The number of alkyl carbamates (subject to hydrolysis) is 1. The minimum absolute atomic E-state index is 0.114. The maximum absolute atomic E-state index is 13.0. The SMILES string of the molecule is O=C(NCC(=O)N1C2CCC1CC(S(=O)(=O)c1ccccc1)C2)OCc1ccccc1. The van der Waals surface area contributed by atoms with E-state index in [1.165, 1.54) is 0 Å². The summed E-state index contributed by atoms with van der Waals surface area (Å²) < 4.78 is 31.2. The molecular formula is C23H26N2O5S. The van der Waals surface area contributed by atoms with Crippen molar-refractivity contribution in [1.82, 2.24) is 10.2 Å². The van der Waals surface area contributed by atoms with Crippen LogP contribution in [-0.4, -0.2) is 49.2 Å². The Labute approximate surface area is 182 Å². The molecule has 2 bridgehead atoms. The molecule has 0 aliphatic carbocycles. The summed E-state index contributed by atoms with van der Waals surface area (Å²) in [5.41, 5.74) is 0.865. The summed E-state index contributed by atoms with van der Waals surface area (Å²) in [6, 6.07) is 17.6. The summed E-state index contributed by atoms with van der Waals surface area (Å²) in [4.78, 5) is 26.8. The van der Waals surface area contributed by atoms with Gasteiger partial charge in [-0.2, -0.15) is 0 Å². The smallest absolute Gasteiger partial charge is 0.407 e. The standard InChI is InChI=1S/C23H26N2O5S/c26-22(15-24-23(27)30-16-17-7-3-1-4-8-17)25-18-11-12-19(25)14-21(13-18)31(28,29)20-9-5-2-6-10-20/h1-10,18-19,21H,11-16H2,(H,24,27). The van der Waals surface area contributed by atoms with Crippen molar-refractivity contribution in [2.75, 3.05) is 6.54 Å². The van der Waals surface area contributed by atoms with Crippen LogP contribution in [-0.2, 0) is 26.0 Å². The Kier molecular flexibility index (Phi) is 6.27. The van der Waals surface area contributed by atoms with Gasteiger partial charge in [-0.05, 0) is 43.4 Å². The van der Waals surface area contributed by atoms with Crippen LogP contribution in [0, 0.1) is 0 Å². The zero-order valence-electron chi connectivity index (χ0n) is 17.1. The van der Waals surface area contributed by atoms with E-state index in [1.54, 1.807) is 35.2 Å². The third kappa shape index (κ3) is 4.74. The van der Waals surface area contributed by atoms with Crippen LogP contribution < -0.4 is 5.32 Å². The van der Waals surface area contributed by atoms with Crippen LogP contribution in [0.2, 0.25) is 0 Å². The summed E-state index contributed by atoms with van der Waals surface area (Å²) in [6.07, 6.45) is 1.78. The largest absolute Gasteiger partial charge is 0.445 e. The number of fused-ring (bicyclic) bond motifs is 2. The molecule has 0 radical (unpaired) electrons. The van der Waals surface area contributed by atoms with Gasteiger partial charge in [0.25, 0.3) is 0 Å². The fourth-order valence-corrected chi connectivity index (χ4v) is 6.48. The highest BCUT2D eigenvalue weighted by Crippen LogP contribution is 2.39. The maximum Gasteiger partial charge on any atom is 0.407 e. The Hall–Kier alpha value is -2.87. The molecule has 1 N–H and O–H groups in total. The number of ether oxygens (including phenoxy) is 1. The molecule has 0 spiro atoms. The van der Waals surface area contributed by atoms with E-state index >= 15 is 0 Å². The highest BCUT2D eigenvalue weighted by Gasteiger charge is 2.47. The number of benzene rings is 2. The molecule has 0 saturated carbocycles. The summed E-state index contributed by atoms with van der Waals surface area (Å²) in [7, 11) is -3.42. The minimum Gasteiger partial charge on any atom is -0.445 e. The van der Waals surface area contributed by atoms with Crippen molar-refractivity contribution in [3.63, 3.8) is 0 Å². The van der Waals surface area contributed by atoms with Crippen LogP contribution in [0.1, 0.15) is 31.2 Å². The number of hydrogen-bond donors (Lipinski definition) is 1. The number of sulfone groups is 1. The van der Waals surface area contributed by atoms with Gasteiger partial charge in [-0.25, -0.2) is 13.2 Å². The van der Waals surface area contributed by atoms with Gasteiger partial charge in [0.1, 0.15) is 13.2 Å². The van der Waals surface area contributed by atoms with E-state index in [-0.39, 0.29) is 31.1 Å². The predicted molar refractivity (Wildman–Crippen MR) is 115 cm³/mol. The van der Waals surface area contributed by atoms with Gasteiger partial charge in [-0.15, -0.1) is 0 Å². The second-order valence-corrected chi connectivity index (χ2v) is 10.3. The molecule has 2 heterocycles. The molecule has 164 valence electrons. The number of nitrogens with one attached hydrogen (secondary N) is 1. The van der Waals surface area contributed by atoms with Gasteiger partial charge in [-0.3, -0.25) is 4.79 Å². The molecule has 2 unspecified atom stereocenters. The molecule has 8 heteroatoms. The number of amides is 2. The van der Waals surface area contributed by atoms with Crippen molar-refractivity contribution in [3.05, 3.63) is 66.2 Å². The molecule has 2 aliphatic rings. The molecule has 31 heavy (non-hydrogen) atoms. The molecule has 2 aromatic rings. The number of carbonyl (C=O) groups excluding carboxylic acids is 2. The predicted octanol–water partition coefficient (Wildman–Crippen LogP) is 2.91. The molecule has 4 rings (SSSR count). The van der Waals surface area contributed by atoms with Gasteiger partial charge >= 0.3 is 6.09 Å². The number of carbonyl (C=O) groups is 2. The minimum atomic E-state index is -3.42. The summed E-state index contributed by atoms with van der Waals surface area (Å²) in [6.45, 7) is -0.0222. The Bertz CT molecular complexity index is 1010. The molecule has 0 aromatic heterocycles. The highest BCUT2D eigenvalue weighted by molar-refractivity contribution is 7.92. The number of piperidine rings is 1. The van der Waals surface area contributed by atoms with Crippen molar-refractivity contribution >= 4 is 21.8 Å². The van der Waals surface area contributed by atoms with Crippen LogP contribution in [0.4, 0.5) is 4.79 Å². The molecule has 2 aromatic carbocycles. The first-order valence-electron chi connectivity index (χ1n) is 10.5. The number of rotatable bonds is 6. The van der Waals surface area contributed by atoms with Gasteiger partial charge in [-0.1, -0.05) is 48.5 Å². The molecule has 2 aliphatic heterocycles. The lowest BCUT2D eigenvalue weighted by Crippen LogP contribution is -2.52. The summed E-state index contributed by atoms with van der Waals surface area (Å²) in [5, 5.41) is 2.03. The third-order valence-electron chi connectivity index (χ3n) is 6.09. The lowest BCUT2D eigenvalue weighted by atomic mass is 10.0. The van der Waals surface area contributed by atoms with Gasteiger partial charge in [0.15, 0.2) is 9.84 Å².